The Morgan fingerprint density at radius 1 is 1.23 bits per heavy atom. The molecule has 0 saturated carbocycles. The zero-order valence-electron chi connectivity index (χ0n) is 13.4. The first-order chi connectivity index (χ1) is 12.5. The third-order valence-corrected chi connectivity index (χ3v) is 4.38. The van der Waals surface area contributed by atoms with Crippen molar-refractivity contribution in [1.29, 1.82) is 0 Å². The van der Waals surface area contributed by atoms with Crippen LogP contribution in [-0.2, 0) is 19.9 Å². The molecule has 1 aromatic carbocycles. The molecule has 1 spiro atoms. The van der Waals surface area contributed by atoms with E-state index in [1.54, 1.807) is 36.4 Å². The number of carbonyl (C=O) groups excluding carboxylic acids is 2. The van der Waals surface area contributed by atoms with Crippen molar-refractivity contribution in [3.8, 4) is 0 Å². The molecule has 0 fully saturated rings. The van der Waals surface area contributed by atoms with E-state index >= 15 is 0 Å². The molecule has 0 bridgehead atoms. The number of nitrogens with zero attached hydrogens (tertiary/aromatic N) is 2. The highest BCUT2D eigenvalue weighted by Gasteiger charge is 2.57. The molecule has 8 nitrogen and oxygen atoms in total. The summed E-state index contributed by atoms with van der Waals surface area (Å²) in [4.78, 5) is 36.3. The normalized spacial score (nSPS) is 21.2. The number of hydrazone groups is 1. The van der Waals surface area contributed by atoms with Gasteiger partial charge >= 0.3 is 5.97 Å². The number of rotatable bonds is 3. The average Bonchev–Trinajstić information content (AvgIpc) is 3.33. The van der Waals surface area contributed by atoms with E-state index < -0.39 is 23.3 Å². The second-order valence-corrected chi connectivity index (χ2v) is 5.88. The molecule has 0 radical (unpaired) electrons. The summed E-state index contributed by atoms with van der Waals surface area (Å²) in [6, 6.07) is 10.4. The van der Waals surface area contributed by atoms with E-state index in [1.807, 2.05) is 0 Å². The quantitative estimate of drug-likeness (QED) is 0.818. The van der Waals surface area contributed by atoms with Gasteiger partial charge in [0.2, 0.25) is 0 Å². The van der Waals surface area contributed by atoms with Crippen molar-refractivity contribution in [3.63, 3.8) is 0 Å². The van der Waals surface area contributed by atoms with Crippen LogP contribution in [-0.4, -0.2) is 33.6 Å². The summed E-state index contributed by atoms with van der Waals surface area (Å²) in [5.41, 5.74) is 0.248. The predicted octanol–water partition coefficient (Wildman–Crippen LogP) is 1.70. The summed E-state index contributed by atoms with van der Waals surface area (Å²) in [6.07, 6.45) is 3.19. The van der Waals surface area contributed by atoms with Gasteiger partial charge in [0.25, 0.3) is 11.8 Å². The first-order valence-corrected chi connectivity index (χ1v) is 7.80. The van der Waals surface area contributed by atoms with Crippen LogP contribution in [0, 0.1) is 0 Å². The van der Waals surface area contributed by atoms with Gasteiger partial charge < -0.3 is 14.8 Å². The van der Waals surface area contributed by atoms with Crippen LogP contribution in [0.4, 0.5) is 5.69 Å². The number of carboxylic acid groups (broad SMARTS) is 1. The monoisotopic (exact) mass is 351 g/mol. The highest BCUT2D eigenvalue weighted by atomic mass is 16.4. The van der Waals surface area contributed by atoms with Crippen molar-refractivity contribution in [2.75, 3.05) is 5.32 Å². The van der Waals surface area contributed by atoms with Crippen LogP contribution in [0.5, 0.6) is 0 Å². The molecule has 2 aliphatic heterocycles. The van der Waals surface area contributed by atoms with Crippen molar-refractivity contribution in [1.82, 2.24) is 5.01 Å². The first kappa shape index (κ1) is 15.8. The van der Waals surface area contributed by atoms with Gasteiger partial charge in [-0.2, -0.15) is 5.10 Å². The number of furan rings is 1. The van der Waals surface area contributed by atoms with Crippen LogP contribution in [0.15, 0.2) is 64.3 Å². The Morgan fingerprint density at radius 2 is 2.04 bits per heavy atom. The van der Waals surface area contributed by atoms with Gasteiger partial charge in [-0.25, -0.2) is 9.80 Å². The Labute approximate surface area is 147 Å². The maximum atomic E-state index is 12.9. The van der Waals surface area contributed by atoms with Gasteiger partial charge in [-0.05, 0) is 18.2 Å². The molecule has 130 valence electrons. The smallest absolute Gasteiger partial charge is 0.328 e. The van der Waals surface area contributed by atoms with Gasteiger partial charge in [-0.1, -0.05) is 18.2 Å². The summed E-state index contributed by atoms with van der Waals surface area (Å²) < 4.78 is 5.36. The molecule has 2 N–H and O–H groups in total. The van der Waals surface area contributed by atoms with Crippen molar-refractivity contribution in [2.24, 2.45) is 5.10 Å². The van der Waals surface area contributed by atoms with E-state index in [9.17, 15) is 14.4 Å². The number of anilines is 1. The minimum Gasteiger partial charge on any atom is -0.478 e. The molecule has 1 unspecified atom stereocenters. The number of aliphatic carboxylic acids is 1. The Kier molecular flexibility index (Phi) is 3.47. The Morgan fingerprint density at radius 3 is 2.77 bits per heavy atom. The van der Waals surface area contributed by atoms with Crippen LogP contribution in [0.1, 0.15) is 17.7 Å². The van der Waals surface area contributed by atoms with Crippen LogP contribution >= 0.6 is 0 Å². The summed E-state index contributed by atoms with van der Waals surface area (Å²) in [6.45, 7) is 0. The second-order valence-electron chi connectivity index (χ2n) is 5.88. The number of para-hydroxylation sites is 1. The summed E-state index contributed by atoms with van der Waals surface area (Å²) in [7, 11) is 0. The van der Waals surface area contributed by atoms with E-state index in [-0.39, 0.29) is 6.42 Å². The Hall–Kier alpha value is -3.68. The van der Waals surface area contributed by atoms with E-state index in [0.717, 1.165) is 17.2 Å². The largest absolute Gasteiger partial charge is 0.478 e. The topological polar surface area (TPSA) is 112 Å². The number of amides is 2. The molecule has 26 heavy (non-hydrogen) atoms. The lowest BCUT2D eigenvalue weighted by atomic mass is 9.86. The third kappa shape index (κ3) is 2.23. The lowest BCUT2D eigenvalue weighted by molar-refractivity contribution is -0.140. The van der Waals surface area contributed by atoms with Gasteiger partial charge in [0.1, 0.15) is 11.5 Å². The van der Waals surface area contributed by atoms with E-state index in [0.29, 0.717) is 22.7 Å². The molecule has 4 rings (SSSR count). The molecule has 1 aromatic heterocycles. The number of benzene rings is 1. The fourth-order valence-corrected chi connectivity index (χ4v) is 3.27. The van der Waals surface area contributed by atoms with Crippen molar-refractivity contribution in [2.45, 2.75) is 12.0 Å². The molecule has 1 atom stereocenters. The molecule has 2 aromatic rings. The predicted molar refractivity (Wildman–Crippen MR) is 90.2 cm³/mol. The number of hydrogen-bond donors (Lipinski definition) is 2. The van der Waals surface area contributed by atoms with Crippen LogP contribution in [0.25, 0.3) is 0 Å². The van der Waals surface area contributed by atoms with Crippen LogP contribution in [0.2, 0.25) is 0 Å². The highest BCUT2D eigenvalue weighted by molar-refractivity contribution is 6.15. The lowest BCUT2D eigenvalue weighted by Gasteiger charge is -2.29. The van der Waals surface area contributed by atoms with E-state index in [2.05, 4.69) is 10.4 Å². The Bertz CT molecular complexity index is 976. The minimum atomic E-state index is -1.38. The van der Waals surface area contributed by atoms with Gasteiger partial charge in [-0.3, -0.25) is 9.59 Å². The van der Waals surface area contributed by atoms with Crippen LogP contribution in [0.3, 0.4) is 0 Å². The van der Waals surface area contributed by atoms with Crippen molar-refractivity contribution in [3.05, 3.63) is 66.1 Å². The number of nitrogens with one attached hydrogen (secondary N) is 1. The van der Waals surface area contributed by atoms with Gasteiger partial charge in [0, 0.05) is 29.8 Å². The van der Waals surface area contributed by atoms with Gasteiger partial charge in [0.05, 0.1) is 6.26 Å². The van der Waals surface area contributed by atoms with Gasteiger partial charge in [0.15, 0.2) is 5.54 Å². The molecule has 0 aliphatic carbocycles. The summed E-state index contributed by atoms with van der Waals surface area (Å²) in [5.74, 6) is -1.93. The minimum absolute atomic E-state index is 0.121. The SMILES string of the molecule is O=C(O)/C=C/C(=O)N1N=C(c2ccco2)CC12C(=O)Nc1ccccc12. The van der Waals surface area contributed by atoms with E-state index in [4.69, 9.17) is 9.52 Å². The maximum Gasteiger partial charge on any atom is 0.328 e. The number of fused-ring (bicyclic) bond motifs is 2. The summed E-state index contributed by atoms with van der Waals surface area (Å²) in [5, 5.41) is 16.9. The zero-order chi connectivity index (χ0) is 18.3. The molecule has 2 aliphatic rings. The average molecular weight is 351 g/mol. The number of carboxylic acids is 1. The fourth-order valence-electron chi connectivity index (χ4n) is 3.27. The molecule has 2 amide bonds. The highest BCUT2D eigenvalue weighted by Crippen LogP contribution is 2.47. The Balaban J connectivity index is 1.84. The molecule has 0 saturated heterocycles. The zero-order valence-corrected chi connectivity index (χ0v) is 13.4. The fraction of sp³-hybridized carbons (Fsp3) is 0.111. The molecular weight excluding hydrogens is 338 g/mol. The first-order valence-electron chi connectivity index (χ1n) is 7.80. The van der Waals surface area contributed by atoms with Gasteiger partial charge in [-0.15, -0.1) is 0 Å². The molecule has 3 heterocycles. The number of carbonyl (C=O) groups is 3. The molecule has 8 heteroatoms. The second kappa shape index (κ2) is 5.69. The maximum absolute atomic E-state index is 12.9. The number of hydrogen-bond acceptors (Lipinski definition) is 5. The molecular formula is C18H13N3O5. The van der Waals surface area contributed by atoms with E-state index in [1.165, 1.54) is 6.26 Å². The van der Waals surface area contributed by atoms with Crippen molar-refractivity contribution >= 4 is 29.2 Å². The van der Waals surface area contributed by atoms with Crippen molar-refractivity contribution < 1.29 is 23.9 Å². The summed E-state index contributed by atoms with van der Waals surface area (Å²) >= 11 is 0. The standard InChI is InChI=1S/C18H13N3O5/c22-15(7-8-16(23)24)21-18(10-13(20-21)14-6-3-9-26-14)11-4-1-2-5-12(11)19-17(18)25/h1-9H,10H2,(H,19,25)(H,23,24)/b8-7+. The van der Waals surface area contributed by atoms with Crippen LogP contribution < -0.4 is 5.32 Å². The third-order valence-electron chi connectivity index (χ3n) is 4.38. The lowest BCUT2D eigenvalue weighted by Crippen LogP contribution is -2.48.